The molecule has 0 saturated heterocycles. The molecule has 0 aliphatic rings. The summed E-state index contributed by atoms with van der Waals surface area (Å²) < 4.78 is 0. The van der Waals surface area contributed by atoms with Crippen LogP contribution < -0.4 is 5.32 Å². The number of aromatic nitrogens is 1. The zero-order valence-electron chi connectivity index (χ0n) is 12.9. The van der Waals surface area contributed by atoms with E-state index in [1.165, 1.54) is 6.07 Å². The predicted molar refractivity (Wildman–Crippen MR) is 98.5 cm³/mol. The summed E-state index contributed by atoms with van der Waals surface area (Å²) in [7, 11) is 0. The molecule has 1 heterocycles. The Labute approximate surface area is 154 Å². The van der Waals surface area contributed by atoms with Gasteiger partial charge in [0, 0.05) is 16.1 Å². The first-order chi connectivity index (χ1) is 12.0. The van der Waals surface area contributed by atoms with Crippen molar-refractivity contribution in [3.05, 3.63) is 93.7 Å². The fraction of sp³-hybridized carbons (Fsp3) is 0. The summed E-state index contributed by atoms with van der Waals surface area (Å²) >= 11 is 11.8. The van der Waals surface area contributed by atoms with Gasteiger partial charge in [0.2, 0.25) is 5.78 Å². The number of nitrogens with one attached hydrogen (secondary N) is 1. The third-order valence-corrected chi connectivity index (χ3v) is 3.93. The molecule has 124 valence electrons. The highest BCUT2D eigenvalue weighted by atomic mass is 35.5. The molecule has 0 aliphatic heterocycles. The number of rotatable bonds is 4. The van der Waals surface area contributed by atoms with Crippen molar-refractivity contribution in [1.29, 1.82) is 0 Å². The summed E-state index contributed by atoms with van der Waals surface area (Å²) in [6.45, 7) is 0. The van der Waals surface area contributed by atoms with Gasteiger partial charge in [-0.25, -0.2) is 4.98 Å². The molecular weight excluding hydrogens is 359 g/mol. The number of benzene rings is 2. The van der Waals surface area contributed by atoms with Gasteiger partial charge in [-0.1, -0.05) is 53.5 Å². The quantitative estimate of drug-likeness (QED) is 0.526. The van der Waals surface area contributed by atoms with E-state index >= 15 is 0 Å². The third-order valence-electron chi connectivity index (χ3n) is 3.47. The van der Waals surface area contributed by atoms with Crippen molar-refractivity contribution >= 4 is 40.6 Å². The molecule has 0 unspecified atom stereocenters. The average molecular weight is 371 g/mol. The van der Waals surface area contributed by atoms with Crippen LogP contribution in [-0.4, -0.2) is 16.7 Å². The molecule has 0 bridgehead atoms. The zero-order valence-corrected chi connectivity index (χ0v) is 14.4. The first kappa shape index (κ1) is 17.1. The van der Waals surface area contributed by atoms with Gasteiger partial charge in [0.15, 0.2) is 0 Å². The molecule has 0 saturated carbocycles. The van der Waals surface area contributed by atoms with E-state index in [4.69, 9.17) is 23.2 Å². The lowest BCUT2D eigenvalue weighted by Crippen LogP contribution is -2.16. The van der Waals surface area contributed by atoms with Crippen LogP contribution in [0.15, 0.2) is 66.7 Å². The van der Waals surface area contributed by atoms with E-state index in [1.807, 2.05) is 6.07 Å². The van der Waals surface area contributed by atoms with Crippen LogP contribution in [0.25, 0.3) is 0 Å². The number of hydrogen-bond acceptors (Lipinski definition) is 3. The average Bonchev–Trinajstić information content (AvgIpc) is 2.64. The molecule has 3 rings (SSSR count). The van der Waals surface area contributed by atoms with Crippen molar-refractivity contribution in [2.45, 2.75) is 0 Å². The second-order valence-corrected chi connectivity index (χ2v) is 6.01. The Hall–Kier alpha value is -2.69. The first-order valence-electron chi connectivity index (χ1n) is 7.38. The number of hydrogen-bond donors (Lipinski definition) is 1. The number of anilines is 1. The Balaban J connectivity index is 1.93. The van der Waals surface area contributed by atoms with Crippen molar-refractivity contribution < 1.29 is 9.59 Å². The normalized spacial score (nSPS) is 10.3. The van der Waals surface area contributed by atoms with Crippen LogP contribution in [0.1, 0.15) is 26.4 Å². The van der Waals surface area contributed by atoms with Crippen LogP contribution in [0.5, 0.6) is 0 Å². The maximum absolute atomic E-state index is 12.7. The van der Waals surface area contributed by atoms with Crippen LogP contribution in [0.2, 0.25) is 10.2 Å². The Morgan fingerprint density at radius 1 is 0.800 bits per heavy atom. The number of nitrogens with zero attached hydrogens (tertiary/aromatic N) is 1. The molecule has 3 aromatic rings. The van der Waals surface area contributed by atoms with Crippen molar-refractivity contribution in [3.63, 3.8) is 0 Å². The minimum atomic E-state index is -0.372. The van der Waals surface area contributed by atoms with Crippen molar-refractivity contribution in [2.24, 2.45) is 0 Å². The van der Waals surface area contributed by atoms with Gasteiger partial charge in [0.05, 0.1) is 5.69 Å². The van der Waals surface area contributed by atoms with Gasteiger partial charge in [0.1, 0.15) is 10.8 Å². The molecule has 1 aromatic heterocycles. The van der Waals surface area contributed by atoms with Gasteiger partial charge in [-0.05, 0) is 36.4 Å². The lowest BCUT2D eigenvalue weighted by molar-refractivity contribution is 0.102. The molecule has 0 atom stereocenters. The smallest absolute Gasteiger partial charge is 0.255 e. The van der Waals surface area contributed by atoms with E-state index in [2.05, 4.69) is 10.3 Å². The number of amides is 1. The summed E-state index contributed by atoms with van der Waals surface area (Å²) in [5.41, 5.74) is 1.25. The predicted octanol–water partition coefficient (Wildman–Crippen LogP) is 4.87. The number of pyridine rings is 1. The minimum absolute atomic E-state index is 0.0843. The molecule has 1 N–H and O–H groups in total. The van der Waals surface area contributed by atoms with Crippen LogP contribution >= 0.6 is 23.2 Å². The fourth-order valence-electron chi connectivity index (χ4n) is 2.23. The topological polar surface area (TPSA) is 59.1 Å². The minimum Gasteiger partial charge on any atom is -0.320 e. The van der Waals surface area contributed by atoms with Gasteiger partial charge in [-0.3, -0.25) is 9.59 Å². The lowest BCUT2D eigenvalue weighted by atomic mass is 10.1. The highest BCUT2D eigenvalue weighted by Gasteiger charge is 2.18. The van der Waals surface area contributed by atoms with Crippen molar-refractivity contribution in [3.8, 4) is 0 Å². The van der Waals surface area contributed by atoms with Gasteiger partial charge >= 0.3 is 0 Å². The van der Waals surface area contributed by atoms with E-state index in [0.717, 1.165) is 0 Å². The highest BCUT2D eigenvalue weighted by Crippen LogP contribution is 2.21. The SMILES string of the molecule is O=C(Nc1ccc(Cl)nc1C(=O)c1ccccc1)c1ccc(Cl)cc1. The number of carbonyl (C=O) groups excluding carboxylic acids is 2. The molecule has 0 spiro atoms. The van der Waals surface area contributed by atoms with Gasteiger partial charge in [-0.2, -0.15) is 0 Å². The summed E-state index contributed by atoms with van der Waals surface area (Å²) in [4.78, 5) is 29.2. The Bertz CT molecular complexity index is 926. The molecule has 4 nitrogen and oxygen atoms in total. The maximum atomic E-state index is 12.7. The van der Waals surface area contributed by atoms with Crippen LogP contribution in [0, 0.1) is 0 Å². The van der Waals surface area contributed by atoms with E-state index in [0.29, 0.717) is 21.8 Å². The Kier molecular flexibility index (Phi) is 5.12. The van der Waals surface area contributed by atoms with E-state index < -0.39 is 0 Å². The fourth-order valence-corrected chi connectivity index (χ4v) is 2.50. The van der Waals surface area contributed by atoms with Crippen LogP contribution in [-0.2, 0) is 0 Å². The highest BCUT2D eigenvalue weighted by molar-refractivity contribution is 6.31. The van der Waals surface area contributed by atoms with E-state index in [1.54, 1.807) is 54.6 Å². The molecule has 0 radical (unpaired) electrons. The molecule has 0 aliphatic carbocycles. The number of carbonyl (C=O) groups is 2. The molecule has 6 heteroatoms. The largest absolute Gasteiger partial charge is 0.320 e. The van der Waals surface area contributed by atoms with Crippen LogP contribution in [0.4, 0.5) is 5.69 Å². The monoisotopic (exact) mass is 370 g/mol. The lowest BCUT2D eigenvalue weighted by Gasteiger charge is -2.10. The molecule has 1 amide bonds. The van der Waals surface area contributed by atoms with Crippen molar-refractivity contribution in [2.75, 3.05) is 5.32 Å². The first-order valence-corrected chi connectivity index (χ1v) is 8.13. The second kappa shape index (κ2) is 7.47. The third kappa shape index (κ3) is 4.05. The summed E-state index contributed by atoms with van der Waals surface area (Å²) in [6, 6.07) is 18.2. The summed E-state index contributed by atoms with van der Waals surface area (Å²) in [5, 5.41) is 3.40. The second-order valence-electron chi connectivity index (χ2n) is 5.19. The standard InChI is InChI=1S/C19H12Cl2N2O2/c20-14-8-6-13(7-9-14)19(25)22-15-10-11-16(21)23-17(15)18(24)12-4-2-1-3-5-12/h1-11H,(H,22,25). The van der Waals surface area contributed by atoms with E-state index in [-0.39, 0.29) is 22.5 Å². The van der Waals surface area contributed by atoms with Gasteiger partial charge < -0.3 is 5.32 Å². The maximum Gasteiger partial charge on any atom is 0.255 e. The zero-order chi connectivity index (χ0) is 17.8. The van der Waals surface area contributed by atoms with E-state index in [9.17, 15) is 9.59 Å². The molecule has 2 aromatic carbocycles. The van der Waals surface area contributed by atoms with Gasteiger partial charge in [-0.15, -0.1) is 0 Å². The molecule has 0 fully saturated rings. The van der Waals surface area contributed by atoms with Crippen LogP contribution in [0.3, 0.4) is 0 Å². The van der Waals surface area contributed by atoms with Crippen molar-refractivity contribution in [1.82, 2.24) is 4.98 Å². The summed E-state index contributed by atoms with van der Waals surface area (Å²) in [6.07, 6.45) is 0. The number of ketones is 1. The summed E-state index contributed by atoms with van der Waals surface area (Å²) in [5.74, 6) is -0.697. The molecule has 25 heavy (non-hydrogen) atoms. The Morgan fingerprint density at radius 3 is 2.16 bits per heavy atom. The number of halogens is 2. The molecular formula is C19H12Cl2N2O2. The van der Waals surface area contributed by atoms with Gasteiger partial charge in [0.25, 0.3) is 5.91 Å². The Morgan fingerprint density at radius 2 is 1.48 bits per heavy atom.